The van der Waals surface area contributed by atoms with Crippen molar-refractivity contribution in [3.05, 3.63) is 0 Å². The second-order valence-corrected chi connectivity index (χ2v) is 17.4. The Labute approximate surface area is 60.5 Å². The lowest BCUT2D eigenvalue weighted by Gasteiger charge is -2.28. The third kappa shape index (κ3) is 1.13. The zero-order chi connectivity index (χ0) is 7.07. The van der Waals surface area contributed by atoms with Gasteiger partial charge in [0, 0.05) is 8.31 Å². The summed E-state index contributed by atoms with van der Waals surface area (Å²) < 4.78 is 2.64. The van der Waals surface area contributed by atoms with Gasteiger partial charge in [0.15, 0.2) is 0 Å². The topological polar surface area (TPSA) is 3.24 Å². The molecule has 1 atom stereocenters. The molecule has 0 aromatic rings. The quantitative estimate of drug-likeness (QED) is 0.478. The Morgan fingerprint density at radius 1 is 1.44 bits per heavy atom. The van der Waals surface area contributed by atoms with E-state index in [1.54, 1.807) is 6.04 Å². The van der Waals surface area contributed by atoms with Crippen molar-refractivity contribution < 1.29 is 0 Å². The Morgan fingerprint density at radius 2 is 2.00 bits per heavy atom. The van der Waals surface area contributed by atoms with Crippen LogP contribution in [0.3, 0.4) is 0 Å². The van der Waals surface area contributed by atoms with Crippen LogP contribution >= 0.6 is 0 Å². The second kappa shape index (κ2) is 2.21. The molecule has 0 amide bonds. The predicted molar refractivity (Wildman–Crippen MR) is 47.9 cm³/mol. The molecule has 1 unspecified atom stereocenters. The number of nitrogens with zero attached hydrogens (tertiary/aromatic N) is 1. The van der Waals surface area contributed by atoms with Gasteiger partial charge < -0.3 is 4.57 Å². The fourth-order valence-electron chi connectivity index (χ4n) is 1.40. The molecule has 0 spiro atoms. The minimum atomic E-state index is -0.775. The van der Waals surface area contributed by atoms with E-state index in [9.17, 15) is 0 Å². The van der Waals surface area contributed by atoms with Crippen molar-refractivity contribution in [3.8, 4) is 0 Å². The van der Waals surface area contributed by atoms with Crippen LogP contribution in [0.2, 0.25) is 25.7 Å². The van der Waals surface area contributed by atoms with Gasteiger partial charge in [-0.25, -0.2) is 0 Å². The molecule has 1 saturated heterocycles. The third-order valence-corrected chi connectivity index (χ3v) is 18.2. The summed E-state index contributed by atoms with van der Waals surface area (Å²) in [4.78, 5) is 0. The smallest absolute Gasteiger partial charge is 0.108 e. The van der Waals surface area contributed by atoms with Gasteiger partial charge in [0.25, 0.3) is 0 Å². The van der Waals surface area contributed by atoms with Crippen molar-refractivity contribution in [2.45, 2.75) is 25.7 Å². The molecule has 3 heteroatoms. The highest BCUT2D eigenvalue weighted by Gasteiger charge is 2.38. The minimum Gasteiger partial charge on any atom is -0.329 e. The Hall–Kier alpha value is 0.394. The van der Waals surface area contributed by atoms with E-state index < -0.39 is 7.75 Å². The Balaban J connectivity index is 2.66. The largest absolute Gasteiger partial charge is 0.329 e. The van der Waals surface area contributed by atoms with Crippen LogP contribution in [0, 0.1) is 0 Å². The Morgan fingerprint density at radius 3 is 2.11 bits per heavy atom. The number of rotatable bonds is 0. The van der Waals surface area contributed by atoms with Gasteiger partial charge in [-0.05, 0) is 19.6 Å². The fourth-order valence-corrected chi connectivity index (χ4v) is 9.75. The lowest BCUT2D eigenvalue weighted by atomic mass is 10.8. The van der Waals surface area contributed by atoms with Crippen LogP contribution in [-0.2, 0) is 0 Å². The van der Waals surface area contributed by atoms with Gasteiger partial charge in [-0.1, -0.05) is 19.6 Å². The molecule has 1 aliphatic rings. The van der Waals surface area contributed by atoms with Crippen LogP contribution in [0.4, 0.5) is 0 Å². The summed E-state index contributed by atoms with van der Waals surface area (Å²) in [7, 11) is 1.28. The van der Waals surface area contributed by atoms with Crippen LogP contribution in [0.1, 0.15) is 0 Å². The molecule has 9 heavy (non-hydrogen) atoms. The summed E-state index contributed by atoms with van der Waals surface area (Å²) in [5.41, 5.74) is 0. The lowest BCUT2D eigenvalue weighted by Crippen LogP contribution is -2.49. The molecule has 0 radical (unpaired) electrons. The van der Waals surface area contributed by atoms with Crippen LogP contribution in [0.5, 0.6) is 0 Å². The highest BCUT2D eigenvalue weighted by Crippen LogP contribution is 2.21. The van der Waals surface area contributed by atoms with E-state index in [2.05, 4.69) is 31.3 Å². The first-order chi connectivity index (χ1) is 4.05. The van der Waals surface area contributed by atoms with Crippen molar-refractivity contribution >= 4 is 16.1 Å². The van der Waals surface area contributed by atoms with Crippen molar-refractivity contribution in [1.82, 2.24) is 4.57 Å². The average Bonchev–Trinajstić information content (AvgIpc) is 1.96. The van der Waals surface area contributed by atoms with Crippen LogP contribution < -0.4 is 0 Å². The summed E-state index contributed by atoms with van der Waals surface area (Å²) in [6.45, 7) is 8.98. The van der Waals surface area contributed by atoms with Crippen LogP contribution in [-0.4, -0.2) is 34.2 Å². The maximum Gasteiger partial charge on any atom is 0.108 e. The zero-order valence-electron chi connectivity index (χ0n) is 6.94. The third-order valence-electron chi connectivity index (χ3n) is 3.09. The molecule has 1 rings (SSSR count). The van der Waals surface area contributed by atoms with Crippen molar-refractivity contribution in [2.75, 3.05) is 13.6 Å². The van der Waals surface area contributed by atoms with Crippen molar-refractivity contribution in [1.29, 1.82) is 0 Å². The normalized spacial score (nSPS) is 35.3. The molecule has 0 aromatic carbocycles. The van der Waals surface area contributed by atoms with Gasteiger partial charge >= 0.3 is 0 Å². The summed E-state index contributed by atoms with van der Waals surface area (Å²) in [6.07, 6.45) is 0. The zero-order valence-corrected chi connectivity index (χ0v) is 9.09. The Bertz CT molecular complexity index is 102. The van der Waals surface area contributed by atoms with E-state index in [-0.39, 0.29) is 8.31 Å². The molecule has 54 valence electrons. The molecule has 1 fully saturated rings. The monoisotopic (exact) mass is 159 g/mol. The van der Waals surface area contributed by atoms with Crippen LogP contribution in [0.25, 0.3) is 0 Å². The maximum atomic E-state index is 2.64. The molecule has 1 aliphatic heterocycles. The molecule has 1 nitrogen and oxygen atoms in total. The summed E-state index contributed by atoms with van der Waals surface area (Å²) in [5.74, 6) is 0. The first-order valence-corrected chi connectivity index (χ1v) is 10.5. The van der Waals surface area contributed by atoms with Crippen LogP contribution in [0.15, 0.2) is 0 Å². The van der Waals surface area contributed by atoms with Gasteiger partial charge in [-0.15, -0.1) is 0 Å². The molecule has 0 saturated carbocycles. The summed E-state index contributed by atoms with van der Waals surface area (Å²) in [5, 5.41) is 0. The van der Waals surface area contributed by atoms with Crippen molar-refractivity contribution in [2.24, 2.45) is 0 Å². The first-order valence-electron chi connectivity index (χ1n) is 3.76. The first kappa shape index (κ1) is 7.50. The van der Waals surface area contributed by atoms with E-state index in [0.29, 0.717) is 0 Å². The van der Waals surface area contributed by atoms with E-state index in [1.165, 1.54) is 6.54 Å². The highest BCUT2D eigenvalue weighted by molar-refractivity contribution is 7.31. The van der Waals surface area contributed by atoms with E-state index in [1.807, 2.05) is 0 Å². The molecular weight excluding hydrogens is 142 g/mol. The molecule has 0 aromatic heterocycles. The number of hydrogen-bond donors (Lipinski definition) is 0. The fraction of sp³-hybridized carbons (Fsp3) is 1.00. The summed E-state index contributed by atoms with van der Waals surface area (Å²) >= 11 is 0. The van der Waals surface area contributed by atoms with E-state index >= 15 is 0 Å². The lowest BCUT2D eigenvalue weighted by molar-refractivity contribution is 0.565. The van der Waals surface area contributed by atoms with Gasteiger partial charge in [-0.2, -0.15) is 0 Å². The molecule has 0 N–H and O–H groups in total. The van der Waals surface area contributed by atoms with Gasteiger partial charge in [0.05, 0.1) is 0 Å². The average molecular weight is 159 g/mol. The second-order valence-electron chi connectivity index (χ2n) is 3.76. The molecule has 0 aliphatic carbocycles. The number of hydrogen-bond acceptors (Lipinski definition) is 1. The SMILES string of the molecule is CN1CC[SiH](C)[Si]1(C)C. The maximum absolute atomic E-state index is 2.64. The van der Waals surface area contributed by atoms with Gasteiger partial charge in [0.1, 0.15) is 7.75 Å². The van der Waals surface area contributed by atoms with Crippen molar-refractivity contribution in [3.63, 3.8) is 0 Å². The van der Waals surface area contributed by atoms with E-state index in [0.717, 1.165) is 0 Å². The standard InChI is InChI=1S/C6H17NSi2/c1-7-5-6-8(2)9(7,3)4/h8H,5-6H2,1-4H3. The summed E-state index contributed by atoms with van der Waals surface area (Å²) in [6, 6.07) is 1.57. The molecular formula is C6H17NSi2. The minimum absolute atomic E-state index is 0.252. The van der Waals surface area contributed by atoms with Gasteiger partial charge in [-0.3, -0.25) is 0 Å². The Kier molecular flexibility index (Phi) is 1.85. The van der Waals surface area contributed by atoms with E-state index in [4.69, 9.17) is 0 Å². The predicted octanol–water partition coefficient (Wildman–Crippen LogP) is 1.07. The highest BCUT2D eigenvalue weighted by atomic mass is 29.2. The van der Waals surface area contributed by atoms with Gasteiger partial charge in [0.2, 0.25) is 0 Å². The molecule has 0 bridgehead atoms. The molecule has 1 heterocycles.